The van der Waals surface area contributed by atoms with Crippen LogP contribution in [-0.4, -0.2) is 68.4 Å². The Bertz CT molecular complexity index is 1200. The molecule has 2 aliphatic heterocycles. The summed E-state index contributed by atoms with van der Waals surface area (Å²) in [4.78, 5) is 22.8. The van der Waals surface area contributed by atoms with Crippen LogP contribution < -0.4 is 9.80 Å². The molecule has 1 aliphatic carbocycles. The first-order chi connectivity index (χ1) is 15.3. The van der Waals surface area contributed by atoms with E-state index in [4.69, 9.17) is 14.7 Å². The average molecular weight is 442 g/mol. The molecule has 11 heteroatoms. The molecular weight excluding hydrogens is 418 g/mol. The van der Waals surface area contributed by atoms with Crippen molar-refractivity contribution in [3.63, 3.8) is 0 Å². The highest BCUT2D eigenvalue weighted by Crippen LogP contribution is 2.59. The smallest absolute Gasteiger partial charge is 0.258 e. The van der Waals surface area contributed by atoms with E-state index < -0.39 is 17.8 Å². The van der Waals surface area contributed by atoms with Gasteiger partial charge in [0.05, 0.1) is 42.6 Å². The summed E-state index contributed by atoms with van der Waals surface area (Å²) in [5.74, 6) is -2.65. The predicted octanol–water partition coefficient (Wildman–Crippen LogP) is 2.05. The highest BCUT2D eigenvalue weighted by atomic mass is 19.3. The first-order valence-electron chi connectivity index (χ1n) is 10.8. The minimum atomic E-state index is -2.55. The van der Waals surface area contributed by atoms with Crippen LogP contribution >= 0.6 is 0 Å². The lowest BCUT2D eigenvalue weighted by atomic mass is 10.1. The molecule has 168 valence electrons. The van der Waals surface area contributed by atoms with Crippen LogP contribution in [0.5, 0.6) is 0 Å². The molecule has 0 radical (unpaired) electrons. The van der Waals surface area contributed by atoms with Gasteiger partial charge in [-0.1, -0.05) is 0 Å². The third kappa shape index (κ3) is 3.01. The van der Waals surface area contributed by atoms with E-state index in [-0.39, 0.29) is 19.2 Å². The summed E-state index contributed by atoms with van der Waals surface area (Å²) in [5.41, 5.74) is 3.63. The normalized spacial score (nSPS) is 26.6. The molecule has 6 rings (SSSR count). The second kappa shape index (κ2) is 6.77. The summed E-state index contributed by atoms with van der Waals surface area (Å²) < 4.78 is 35.3. The number of nitrogens with zero attached hydrogens (tertiary/aromatic N) is 8. The summed E-state index contributed by atoms with van der Waals surface area (Å²) in [6, 6.07) is 0. The van der Waals surface area contributed by atoms with Crippen LogP contribution in [0.25, 0.3) is 11.2 Å². The zero-order chi connectivity index (χ0) is 22.2. The maximum atomic E-state index is 13.8. The van der Waals surface area contributed by atoms with Crippen LogP contribution in [0.4, 0.5) is 20.5 Å². The van der Waals surface area contributed by atoms with Gasteiger partial charge in [0.25, 0.3) is 5.92 Å². The Morgan fingerprint density at radius 3 is 2.47 bits per heavy atom. The van der Waals surface area contributed by atoms with Crippen LogP contribution in [0.2, 0.25) is 0 Å². The highest BCUT2D eigenvalue weighted by Gasteiger charge is 2.72. The van der Waals surface area contributed by atoms with Gasteiger partial charge in [-0.3, -0.25) is 4.68 Å². The molecule has 32 heavy (non-hydrogen) atoms. The van der Waals surface area contributed by atoms with E-state index in [0.717, 1.165) is 17.0 Å². The van der Waals surface area contributed by atoms with E-state index >= 15 is 0 Å². The molecule has 0 N–H and O–H groups in total. The summed E-state index contributed by atoms with van der Waals surface area (Å²) >= 11 is 0. The second-order valence-corrected chi connectivity index (χ2v) is 8.96. The fraction of sp³-hybridized carbons (Fsp3) is 0.571. The molecule has 0 bridgehead atoms. The molecule has 9 nitrogen and oxygen atoms in total. The Kier molecular flexibility index (Phi) is 4.17. The van der Waals surface area contributed by atoms with Crippen molar-refractivity contribution in [2.75, 3.05) is 42.6 Å². The molecule has 0 amide bonds. The zero-order valence-electron chi connectivity index (χ0n) is 18.2. The minimum absolute atomic E-state index is 0.149. The van der Waals surface area contributed by atoms with Gasteiger partial charge in [-0.15, -0.1) is 0 Å². The van der Waals surface area contributed by atoms with Gasteiger partial charge >= 0.3 is 0 Å². The van der Waals surface area contributed by atoms with Crippen molar-refractivity contribution < 1.29 is 13.5 Å². The summed E-state index contributed by atoms with van der Waals surface area (Å²) in [6.07, 6.45) is 3.59. The SMILES string of the molecule is Cc1nc2nc(N3CCO[C@@H](c4cnn(C)c4)C3)nc(N3C[C@@H]4[C@H](C3)C4(F)F)c2nc1C. The first kappa shape index (κ1) is 19.7. The van der Waals surface area contributed by atoms with Crippen LogP contribution in [0.1, 0.15) is 23.1 Å². The summed E-state index contributed by atoms with van der Waals surface area (Å²) in [7, 11) is 1.87. The van der Waals surface area contributed by atoms with Crippen molar-refractivity contribution in [2.45, 2.75) is 25.9 Å². The van der Waals surface area contributed by atoms with Gasteiger partial charge in [0, 0.05) is 38.4 Å². The monoisotopic (exact) mass is 442 g/mol. The maximum absolute atomic E-state index is 13.8. The van der Waals surface area contributed by atoms with Crippen LogP contribution in [0.3, 0.4) is 0 Å². The van der Waals surface area contributed by atoms with E-state index in [1.165, 1.54) is 0 Å². The number of fused-ring (bicyclic) bond motifs is 2. The van der Waals surface area contributed by atoms with Crippen molar-refractivity contribution in [3.05, 3.63) is 29.3 Å². The third-order valence-corrected chi connectivity index (χ3v) is 6.86. The summed E-state index contributed by atoms with van der Waals surface area (Å²) in [6.45, 7) is 6.05. The number of hydrogen-bond donors (Lipinski definition) is 0. The number of rotatable bonds is 3. The maximum Gasteiger partial charge on any atom is 0.258 e. The minimum Gasteiger partial charge on any atom is -0.370 e. The lowest BCUT2D eigenvalue weighted by Gasteiger charge is -2.33. The summed E-state index contributed by atoms with van der Waals surface area (Å²) in [5, 5.41) is 4.24. The molecule has 0 spiro atoms. The molecule has 3 aromatic heterocycles. The Labute approximate surface area is 183 Å². The van der Waals surface area contributed by atoms with Crippen LogP contribution in [0.15, 0.2) is 12.4 Å². The number of morpholine rings is 1. The van der Waals surface area contributed by atoms with Crippen molar-refractivity contribution in [2.24, 2.45) is 18.9 Å². The Morgan fingerprint density at radius 1 is 1.00 bits per heavy atom. The predicted molar refractivity (Wildman–Crippen MR) is 113 cm³/mol. The molecule has 0 aromatic carbocycles. The van der Waals surface area contributed by atoms with E-state index in [2.05, 4.69) is 20.0 Å². The standard InChI is InChI=1S/C21H24F2N8O/c1-11-12(2)26-18-17(25-11)19(31-8-14-15(9-31)21(14,22)23)28-20(27-18)30-4-5-32-16(10-30)13-6-24-29(3)7-13/h6-7,14-16H,4-5,8-10H2,1-3H3/t14-,15+,16-/m1/s1. The molecule has 5 heterocycles. The number of aryl methyl sites for hydroxylation is 3. The molecule has 3 aromatic rings. The molecule has 0 unspecified atom stereocenters. The van der Waals surface area contributed by atoms with Crippen molar-refractivity contribution in [3.8, 4) is 0 Å². The van der Waals surface area contributed by atoms with Crippen molar-refractivity contribution in [1.29, 1.82) is 0 Å². The molecule has 1 saturated carbocycles. The van der Waals surface area contributed by atoms with Gasteiger partial charge in [-0.2, -0.15) is 15.1 Å². The van der Waals surface area contributed by atoms with E-state index in [9.17, 15) is 8.78 Å². The Hall–Kier alpha value is -2.95. The largest absolute Gasteiger partial charge is 0.370 e. The highest BCUT2D eigenvalue weighted by molar-refractivity contribution is 5.85. The van der Waals surface area contributed by atoms with Gasteiger partial charge in [0.1, 0.15) is 6.10 Å². The van der Waals surface area contributed by atoms with Crippen LogP contribution in [-0.2, 0) is 11.8 Å². The van der Waals surface area contributed by atoms with Crippen molar-refractivity contribution in [1.82, 2.24) is 29.7 Å². The van der Waals surface area contributed by atoms with Gasteiger partial charge in [0.2, 0.25) is 5.95 Å². The number of alkyl halides is 2. The Balaban J connectivity index is 1.37. The fourth-order valence-electron chi connectivity index (χ4n) is 4.77. The van der Waals surface area contributed by atoms with Crippen molar-refractivity contribution >= 4 is 22.9 Å². The fourth-order valence-corrected chi connectivity index (χ4v) is 4.77. The first-order valence-corrected chi connectivity index (χ1v) is 10.8. The quantitative estimate of drug-likeness (QED) is 0.609. The zero-order valence-corrected chi connectivity index (χ0v) is 18.2. The Morgan fingerprint density at radius 2 is 1.75 bits per heavy atom. The van der Waals surface area contributed by atoms with Crippen LogP contribution in [0, 0.1) is 25.7 Å². The number of anilines is 2. The van der Waals surface area contributed by atoms with Gasteiger partial charge in [0.15, 0.2) is 17.0 Å². The van der Waals surface area contributed by atoms with Gasteiger partial charge in [-0.05, 0) is 13.8 Å². The molecule has 2 saturated heterocycles. The second-order valence-electron chi connectivity index (χ2n) is 8.96. The molecule has 3 fully saturated rings. The molecule has 3 atom stereocenters. The number of hydrogen-bond acceptors (Lipinski definition) is 8. The average Bonchev–Trinajstić information content (AvgIpc) is 3.20. The topological polar surface area (TPSA) is 85.1 Å². The van der Waals surface area contributed by atoms with E-state index in [0.29, 0.717) is 42.6 Å². The molecule has 3 aliphatic rings. The number of halogens is 2. The van der Waals surface area contributed by atoms with E-state index in [1.807, 2.05) is 32.0 Å². The number of aromatic nitrogens is 6. The van der Waals surface area contributed by atoms with E-state index in [1.54, 1.807) is 10.9 Å². The number of piperidine rings is 1. The molecular formula is C21H24F2N8O. The van der Waals surface area contributed by atoms with Gasteiger partial charge < -0.3 is 14.5 Å². The number of ether oxygens (including phenoxy) is 1. The third-order valence-electron chi connectivity index (χ3n) is 6.86. The van der Waals surface area contributed by atoms with Gasteiger partial charge in [-0.25, -0.2) is 18.7 Å². The lowest BCUT2D eigenvalue weighted by Crippen LogP contribution is -2.39. The lowest BCUT2D eigenvalue weighted by molar-refractivity contribution is 0.0392.